The monoisotopic (exact) mass is 605 g/mol. The number of pyridine rings is 2. The van der Waals surface area contributed by atoms with Gasteiger partial charge >= 0.3 is 0 Å². The smallest absolute Gasteiger partial charge is 0.273 e. The number of nitrogens with one attached hydrogen (secondary N) is 3. The Kier molecular flexibility index (Phi) is 8.94. The zero-order valence-electron chi connectivity index (χ0n) is 25.2. The molecule has 13 nitrogen and oxygen atoms in total. The van der Waals surface area contributed by atoms with Crippen molar-refractivity contribution < 1.29 is 19.1 Å². The third-order valence-electron chi connectivity index (χ3n) is 7.46. The van der Waals surface area contributed by atoms with E-state index in [2.05, 4.69) is 42.2 Å². The number of para-hydroxylation sites is 1. The predicted octanol–water partition coefficient (Wildman–Crippen LogP) is 4.10. The largest absolute Gasteiger partial charge is 0.494 e. The van der Waals surface area contributed by atoms with Gasteiger partial charge in [-0.15, -0.1) is 10.2 Å². The lowest BCUT2D eigenvalue weighted by Crippen LogP contribution is -2.30. The number of anilines is 3. The van der Waals surface area contributed by atoms with Crippen molar-refractivity contribution in [1.29, 1.82) is 5.26 Å². The molecule has 0 spiro atoms. The summed E-state index contributed by atoms with van der Waals surface area (Å²) < 4.78 is 5.78. The first-order valence-electron chi connectivity index (χ1n) is 14.2. The molecule has 0 bridgehead atoms. The number of nitrogens with zero attached hydrogens (tertiary/aromatic N) is 6. The fraction of sp³-hybridized carbons (Fsp3) is 0.250. The molecular weight excluding hydrogens is 574 g/mol. The first-order valence-corrected chi connectivity index (χ1v) is 14.2. The number of nitriles is 1. The predicted molar refractivity (Wildman–Crippen MR) is 166 cm³/mol. The number of ether oxygens (including phenoxy) is 1. The first-order chi connectivity index (χ1) is 21.7. The average Bonchev–Trinajstić information content (AvgIpc) is 3.93. The Hall–Kier alpha value is -5.90. The molecule has 0 aliphatic heterocycles. The molecule has 4 aromatic rings. The van der Waals surface area contributed by atoms with Gasteiger partial charge in [-0.2, -0.15) is 5.26 Å². The van der Waals surface area contributed by atoms with Gasteiger partial charge in [-0.25, -0.2) is 0 Å². The van der Waals surface area contributed by atoms with Crippen LogP contribution in [-0.4, -0.2) is 64.0 Å². The van der Waals surface area contributed by atoms with Crippen molar-refractivity contribution in [3.05, 3.63) is 83.6 Å². The summed E-state index contributed by atoms with van der Waals surface area (Å²) in [4.78, 5) is 48.4. The number of hydrogen-bond donors (Lipinski definition) is 3. The first kappa shape index (κ1) is 30.6. The Bertz CT molecular complexity index is 1800. The van der Waals surface area contributed by atoms with Crippen molar-refractivity contribution in [3.63, 3.8) is 0 Å². The van der Waals surface area contributed by atoms with Crippen molar-refractivity contribution in [2.45, 2.75) is 25.8 Å². The molecule has 3 aromatic heterocycles. The molecule has 0 radical (unpaired) electrons. The topological polar surface area (TPSA) is 175 Å². The molecule has 0 unspecified atom stereocenters. The van der Waals surface area contributed by atoms with Crippen LogP contribution in [0.1, 0.15) is 58.0 Å². The molecule has 3 amide bonds. The van der Waals surface area contributed by atoms with Gasteiger partial charge in [-0.05, 0) is 44.0 Å². The van der Waals surface area contributed by atoms with Gasteiger partial charge in [0, 0.05) is 49.6 Å². The lowest BCUT2D eigenvalue weighted by atomic mass is 10.0. The number of hydrogen-bond acceptors (Lipinski definition) is 10. The minimum absolute atomic E-state index is 0.0313. The number of amides is 3. The number of rotatable bonds is 10. The summed E-state index contributed by atoms with van der Waals surface area (Å²) in [6.45, 7) is 1.83. The highest BCUT2D eigenvalue weighted by Crippen LogP contribution is 2.38. The van der Waals surface area contributed by atoms with Crippen molar-refractivity contribution in [2.75, 3.05) is 31.8 Å². The van der Waals surface area contributed by atoms with E-state index < -0.39 is 5.91 Å². The minimum Gasteiger partial charge on any atom is -0.494 e. The Morgan fingerprint density at radius 3 is 2.53 bits per heavy atom. The highest BCUT2D eigenvalue weighted by molar-refractivity contribution is 6.00. The number of carbonyl (C=O) groups is 3. The third-order valence-corrected chi connectivity index (χ3v) is 7.46. The molecule has 1 aliphatic rings. The number of carbonyl (C=O) groups excluding carboxylic acids is 3. The van der Waals surface area contributed by atoms with Gasteiger partial charge in [0.1, 0.15) is 11.4 Å². The van der Waals surface area contributed by atoms with E-state index in [9.17, 15) is 19.6 Å². The number of benzene rings is 1. The van der Waals surface area contributed by atoms with Gasteiger partial charge in [0.25, 0.3) is 11.8 Å². The molecule has 1 fully saturated rings. The quantitative estimate of drug-likeness (QED) is 0.239. The second-order valence-electron chi connectivity index (χ2n) is 10.5. The van der Waals surface area contributed by atoms with Crippen molar-refractivity contribution in [2.24, 2.45) is 5.92 Å². The molecule has 5 rings (SSSR count). The Morgan fingerprint density at radius 2 is 1.87 bits per heavy atom. The lowest BCUT2D eigenvalue weighted by Gasteiger charge is -2.24. The highest BCUT2D eigenvalue weighted by atomic mass is 16.5. The maximum atomic E-state index is 13.3. The van der Waals surface area contributed by atoms with Crippen molar-refractivity contribution in [1.82, 2.24) is 30.4 Å². The summed E-state index contributed by atoms with van der Waals surface area (Å²) in [5, 5.41) is 25.8. The van der Waals surface area contributed by atoms with Crippen LogP contribution < -0.4 is 20.7 Å². The number of methoxy groups -OCH3 is 1. The van der Waals surface area contributed by atoms with Crippen LogP contribution in [0.3, 0.4) is 0 Å². The normalized spacial score (nSPS) is 12.8. The molecule has 45 heavy (non-hydrogen) atoms. The van der Waals surface area contributed by atoms with Crippen molar-refractivity contribution >= 4 is 34.9 Å². The second-order valence-corrected chi connectivity index (χ2v) is 10.5. The lowest BCUT2D eigenvalue weighted by molar-refractivity contribution is -0.117. The van der Waals surface area contributed by atoms with E-state index in [1.54, 1.807) is 61.9 Å². The van der Waals surface area contributed by atoms with Crippen LogP contribution in [0, 0.1) is 17.2 Å². The Morgan fingerprint density at radius 1 is 1.07 bits per heavy atom. The Labute approximate surface area is 259 Å². The summed E-state index contributed by atoms with van der Waals surface area (Å²) in [6.07, 6.45) is 4.79. The second kappa shape index (κ2) is 13.2. The van der Waals surface area contributed by atoms with Crippen LogP contribution in [0.5, 0.6) is 5.75 Å². The molecule has 1 aliphatic carbocycles. The Balaban J connectivity index is 1.40. The van der Waals surface area contributed by atoms with Gasteiger partial charge in [0.05, 0.1) is 41.9 Å². The van der Waals surface area contributed by atoms with E-state index in [0.29, 0.717) is 39.5 Å². The molecular formula is C32H31N9O4. The summed E-state index contributed by atoms with van der Waals surface area (Å²) in [5.74, 6) is -0.265. The maximum Gasteiger partial charge on any atom is 0.273 e. The van der Waals surface area contributed by atoms with E-state index >= 15 is 0 Å². The zero-order chi connectivity index (χ0) is 32.1. The third kappa shape index (κ3) is 6.70. The van der Waals surface area contributed by atoms with Gasteiger partial charge in [-0.3, -0.25) is 24.4 Å². The summed E-state index contributed by atoms with van der Waals surface area (Å²) in [7, 11) is 4.67. The van der Waals surface area contributed by atoms with Crippen molar-refractivity contribution in [3.8, 4) is 22.9 Å². The highest BCUT2D eigenvalue weighted by Gasteiger charge is 2.30. The van der Waals surface area contributed by atoms with Gasteiger partial charge in [-0.1, -0.05) is 18.2 Å². The van der Waals surface area contributed by atoms with Crippen LogP contribution in [0.15, 0.2) is 60.9 Å². The SMILES string of the molecule is CNC(=O)c1nnc(NC(=O)C2CC2)cc1Nc1cccc(-c2ccc(C(=O)N(C)[C@H](C)c3cc(C#N)ccn3)nc2)c1OC. The van der Waals surface area contributed by atoms with Crippen LogP contribution >= 0.6 is 0 Å². The fourth-order valence-corrected chi connectivity index (χ4v) is 4.62. The molecule has 1 atom stereocenters. The van der Waals surface area contributed by atoms with Gasteiger partial charge in [0.2, 0.25) is 5.91 Å². The molecule has 13 heteroatoms. The molecule has 3 heterocycles. The molecule has 3 N–H and O–H groups in total. The standard InChI is InChI=1S/C32H31N9O4/c1-18(25-14-19(16-33)12-13-35-25)41(3)32(44)24-11-10-21(17-36-24)22-6-5-7-23(29(22)45-4)37-26-15-27(38-30(42)20-8-9-20)39-40-28(26)31(43)34-2/h5-7,10-15,17-18,20H,8-9H2,1-4H3,(H,34,43)(H2,37,38,39,42)/t18-/m1/s1. The van der Waals surface area contributed by atoms with E-state index in [-0.39, 0.29) is 41.0 Å². The van der Waals surface area contributed by atoms with E-state index in [1.165, 1.54) is 19.1 Å². The number of aromatic nitrogens is 4. The summed E-state index contributed by atoms with van der Waals surface area (Å²) >= 11 is 0. The average molecular weight is 606 g/mol. The summed E-state index contributed by atoms with van der Waals surface area (Å²) in [5.41, 5.74) is 3.53. The van der Waals surface area contributed by atoms with Crippen LogP contribution in [-0.2, 0) is 4.79 Å². The molecule has 1 aromatic carbocycles. The van der Waals surface area contributed by atoms with Gasteiger partial charge < -0.3 is 25.6 Å². The maximum absolute atomic E-state index is 13.3. The molecule has 0 saturated heterocycles. The van der Waals surface area contributed by atoms with E-state index in [1.807, 2.05) is 13.0 Å². The van der Waals surface area contributed by atoms with Crippen LogP contribution in [0.4, 0.5) is 17.2 Å². The minimum atomic E-state index is -0.461. The fourth-order valence-electron chi connectivity index (χ4n) is 4.62. The van der Waals surface area contributed by atoms with E-state index in [4.69, 9.17) is 4.74 Å². The van der Waals surface area contributed by atoms with Gasteiger partial charge in [0.15, 0.2) is 11.5 Å². The molecule has 228 valence electrons. The summed E-state index contributed by atoms with van der Waals surface area (Å²) in [6, 6.07) is 15.3. The molecule has 1 saturated carbocycles. The zero-order valence-corrected chi connectivity index (χ0v) is 25.2. The van der Waals surface area contributed by atoms with Crippen LogP contribution in [0.2, 0.25) is 0 Å². The van der Waals surface area contributed by atoms with Crippen LogP contribution in [0.25, 0.3) is 11.1 Å². The van der Waals surface area contributed by atoms with E-state index in [0.717, 1.165) is 12.8 Å².